The molecule has 0 atom stereocenters. The molecule has 5 heteroatoms. The Kier molecular flexibility index (Phi) is 5.15. The van der Waals surface area contributed by atoms with E-state index < -0.39 is 11.6 Å². The second-order valence-electron chi connectivity index (χ2n) is 4.17. The third kappa shape index (κ3) is 4.45. The van der Waals surface area contributed by atoms with Gasteiger partial charge in [0.25, 0.3) is 0 Å². The van der Waals surface area contributed by atoms with Crippen molar-refractivity contribution in [3.63, 3.8) is 0 Å². The van der Waals surface area contributed by atoms with Crippen molar-refractivity contribution in [1.82, 2.24) is 0 Å². The van der Waals surface area contributed by atoms with Crippen LogP contribution in [0.4, 0.5) is 8.78 Å². The minimum atomic E-state index is -0.531. The average molecular weight is 309 g/mol. The first-order valence-electron chi connectivity index (χ1n) is 6.05. The van der Waals surface area contributed by atoms with E-state index in [0.717, 1.165) is 0 Å². The molecule has 2 aromatic rings. The zero-order valence-electron chi connectivity index (χ0n) is 10.9. The van der Waals surface area contributed by atoms with Crippen LogP contribution in [-0.4, -0.2) is 11.7 Å². The number of aliphatic hydroxyl groups excluding tert-OH is 1. The predicted octanol–water partition coefficient (Wildman–Crippen LogP) is 3.54. The topological polar surface area (TPSA) is 29.5 Å². The quantitative estimate of drug-likeness (QED) is 0.879. The lowest BCUT2D eigenvalue weighted by Crippen LogP contribution is -1.97. The summed E-state index contributed by atoms with van der Waals surface area (Å²) in [6.45, 7) is -0.204. The van der Waals surface area contributed by atoms with Crippen molar-refractivity contribution in [3.8, 4) is 17.6 Å². The van der Waals surface area contributed by atoms with E-state index in [9.17, 15) is 8.78 Å². The fraction of sp³-hybridized carbons (Fsp3) is 0.125. The molecule has 0 radical (unpaired) electrons. The van der Waals surface area contributed by atoms with Crippen LogP contribution in [0.3, 0.4) is 0 Å². The lowest BCUT2D eigenvalue weighted by molar-refractivity contribution is 0.305. The molecule has 0 saturated carbocycles. The molecule has 1 N–H and O–H groups in total. The summed E-state index contributed by atoms with van der Waals surface area (Å²) >= 11 is 5.65. The number of hydrogen-bond donors (Lipinski definition) is 1. The first-order chi connectivity index (χ1) is 10.1. The second-order valence-corrected chi connectivity index (χ2v) is 4.58. The van der Waals surface area contributed by atoms with Crippen LogP contribution in [0, 0.1) is 23.5 Å². The maximum atomic E-state index is 13.4. The van der Waals surface area contributed by atoms with Crippen molar-refractivity contribution in [1.29, 1.82) is 0 Å². The van der Waals surface area contributed by atoms with Crippen molar-refractivity contribution >= 4 is 11.6 Å². The van der Waals surface area contributed by atoms with Crippen molar-refractivity contribution in [3.05, 3.63) is 64.2 Å². The van der Waals surface area contributed by atoms with Crippen molar-refractivity contribution in [2.45, 2.75) is 6.61 Å². The van der Waals surface area contributed by atoms with Gasteiger partial charge in [-0.1, -0.05) is 23.4 Å². The van der Waals surface area contributed by atoms with Gasteiger partial charge in [-0.3, -0.25) is 0 Å². The van der Waals surface area contributed by atoms with E-state index in [0.29, 0.717) is 16.9 Å². The first kappa shape index (κ1) is 15.3. The van der Waals surface area contributed by atoms with Gasteiger partial charge in [0.1, 0.15) is 30.6 Å². The first-order valence-corrected chi connectivity index (χ1v) is 6.43. The van der Waals surface area contributed by atoms with Gasteiger partial charge in [-0.05, 0) is 35.9 Å². The predicted molar refractivity (Wildman–Crippen MR) is 76.1 cm³/mol. The van der Waals surface area contributed by atoms with E-state index in [4.69, 9.17) is 21.4 Å². The summed E-state index contributed by atoms with van der Waals surface area (Å²) in [6, 6.07) is 8.21. The smallest absolute Gasteiger partial charge is 0.142 e. The number of aliphatic hydroxyl groups is 1. The van der Waals surface area contributed by atoms with E-state index >= 15 is 0 Å². The van der Waals surface area contributed by atoms with E-state index in [-0.39, 0.29) is 18.2 Å². The summed E-state index contributed by atoms with van der Waals surface area (Å²) in [6.07, 6.45) is 0. The Bertz CT molecular complexity index is 705. The summed E-state index contributed by atoms with van der Waals surface area (Å²) in [7, 11) is 0. The third-order valence-electron chi connectivity index (χ3n) is 2.57. The molecule has 108 valence electrons. The van der Waals surface area contributed by atoms with E-state index in [1.807, 2.05) is 0 Å². The molecule has 21 heavy (non-hydrogen) atoms. The summed E-state index contributed by atoms with van der Waals surface area (Å²) in [5, 5.41) is 8.59. The van der Waals surface area contributed by atoms with Crippen LogP contribution in [0.1, 0.15) is 11.1 Å². The molecule has 0 aliphatic heterocycles. The van der Waals surface area contributed by atoms with Gasteiger partial charge in [-0.2, -0.15) is 0 Å². The van der Waals surface area contributed by atoms with Gasteiger partial charge in [0.2, 0.25) is 0 Å². The largest absolute Gasteiger partial charge is 0.489 e. The normalized spacial score (nSPS) is 9.90. The molecular formula is C16H11ClF2O2. The summed E-state index contributed by atoms with van der Waals surface area (Å²) in [5.74, 6) is 4.47. The number of hydrogen-bond acceptors (Lipinski definition) is 2. The van der Waals surface area contributed by atoms with E-state index in [1.165, 1.54) is 30.3 Å². The zero-order chi connectivity index (χ0) is 15.2. The summed E-state index contributed by atoms with van der Waals surface area (Å²) < 4.78 is 31.9. The van der Waals surface area contributed by atoms with Gasteiger partial charge in [0.15, 0.2) is 0 Å². The zero-order valence-corrected chi connectivity index (χ0v) is 11.6. The number of benzene rings is 2. The lowest BCUT2D eigenvalue weighted by atomic mass is 10.1. The molecular weight excluding hydrogens is 298 g/mol. The number of halogens is 3. The van der Waals surface area contributed by atoms with Crippen LogP contribution in [0.15, 0.2) is 36.4 Å². The van der Waals surface area contributed by atoms with Gasteiger partial charge in [-0.25, -0.2) is 8.78 Å². The Morgan fingerprint density at radius 3 is 2.67 bits per heavy atom. The monoisotopic (exact) mass is 308 g/mol. The molecule has 0 fully saturated rings. The lowest BCUT2D eigenvalue weighted by Gasteiger charge is -2.07. The molecule has 0 bridgehead atoms. The van der Waals surface area contributed by atoms with Crippen LogP contribution in [0.25, 0.3) is 0 Å². The standard InChI is InChI=1S/C16H11ClF2O2/c17-15-9-14(3-4-16(15)19)21-10-12-6-11(2-1-5-20)7-13(18)8-12/h3-4,6-9,20H,5,10H2. The van der Waals surface area contributed by atoms with Crippen molar-refractivity contribution in [2.24, 2.45) is 0 Å². The van der Waals surface area contributed by atoms with Crippen molar-refractivity contribution in [2.75, 3.05) is 6.61 Å². The second kappa shape index (κ2) is 7.07. The highest BCUT2D eigenvalue weighted by Crippen LogP contribution is 2.22. The van der Waals surface area contributed by atoms with Gasteiger partial charge in [0.05, 0.1) is 5.02 Å². The SMILES string of the molecule is OCC#Cc1cc(F)cc(COc2ccc(F)c(Cl)c2)c1. The highest BCUT2D eigenvalue weighted by Gasteiger charge is 2.04. The Labute approximate surface area is 125 Å². The van der Waals surface area contributed by atoms with Crippen LogP contribution in [0.2, 0.25) is 5.02 Å². The Morgan fingerprint density at radius 2 is 1.95 bits per heavy atom. The van der Waals surface area contributed by atoms with Crippen LogP contribution in [-0.2, 0) is 6.61 Å². The molecule has 0 aliphatic carbocycles. The average Bonchev–Trinajstić information content (AvgIpc) is 2.46. The molecule has 0 spiro atoms. The highest BCUT2D eigenvalue weighted by atomic mass is 35.5. The van der Waals surface area contributed by atoms with Gasteiger partial charge >= 0.3 is 0 Å². The van der Waals surface area contributed by atoms with Gasteiger partial charge < -0.3 is 9.84 Å². The minimum absolute atomic E-state index is 0.0405. The van der Waals surface area contributed by atoms with Crippen LogP contribution in [0.5, 0.6) is 5.75 Å². The molecule has 2 nitrogen and oxygen atoms in total. The van der Waals surface area contributed by atoms with E-state index in [1.54, 1.807) is 6.07 Å². The maximum absolute atomic E-state index is 13.4. The van der Waals surface area contributed by atoms with Gasteiger partial charge in [-0.15, -0.1) is 0 Å². The Hall–Kier alpha value is -2.09. The Morgan fingerprint density at radius 1 is 1.14 bits per heavy atom. The minimum Gasteiger partial charge on any atom is -0.489 e. The molecule has 0 amide bonds. The van der Waals surface area contributed by atoms with Crippen LogP contribution < -0.4 is 4.74 Å². The Balaban J connectivity index is 2.12. The molecule has 2 aromatic carbocycles. The fourth-order valence-corrected chi connectivity index (χ4v) is 1.85. The van der Waals surface area contributed by atoms with Gasteiger partial charge in [0, 0.05) is 11.6 Å². The molecule has 0 aliphatic rings. The molecule has 2 rings (SSSR count). The number of ether oxygens (including phenoxy) is 1. The van der Waals surface area contributed by atoms with E-state index in [2.05, 4.69) is 11.8 Å². The molecule has 0 saturated heterocycles. The summed E-state index contributed by atoms with van der Waals surface area (Å²) in [5.41, 5.74) is 1.01. The molecule has 0 unspecified atom stereocenters. The third-order valence-corrected chi connectivity index (χ3v) is 2.86. The molecule has 0 aromatic heterocycles. The van der Waals surface area contributed by atoms with Crippen molar-refractivity contribution < 1.29 is 18.6 Å². The highest BCUT2D eigenvalue weighted by molar-refractivity contribution is 6.30. The molecule has 0 heterocycles. The maximum Gasteiger partial charge on any atom is 0.142 e. The van der Waals surface area contributed by atoms with Crippen LogP contribution >= 0.6 is 11.6 Å². The number of rotatable bonds is 3. The fourth-order valence-electron chi connectivity index (χ4n) is 1.68. The summed E-state index contributed by atoms with van der Waals surface area (Å²) in [4.78, 5) is 0.